The van der Waals surface area contributed by atoms with E-state index in [0.29, 0.717) is 6.54 Å². The number of nitrogens with one attached hydrogen (secondary N) is 1. The molecule has 1 atom stereocenters. The Balaban J connectivity index is 1.61. The Morgan fingerprint density at radius 2 is 1.75 bits per heavy atom. The predicted molar refractivity (Wildman–Crippen MR) is 76.4 cm³/mol. The van der Waals surface area contributed by atoms with Crippen molar-refractivity contribution in [1.82, 2.24) is 15.1 Å². The smallest absolute Gasteiger partial charge is 0.234 e. The van der Waals surface area contributed by atoms with Gasteiger partial charge in [-0.3, -0.25) is 14.6 Å². The number of amides is 1. The molecule has 0 aromatic rings. The van der Waals surface area contributed by atoms with Gasteiger partial charge in [-0.25, -0.2) is 0 Å². The van der Waals surface area contributed by atoms with Crippen molar-refractivity contribution in [2.75, 3.05) is 32.7 Å². The van der Waals surface area contributed by atoms with Crippen LogP contribution in [0.3, 0.4) is 0 Å². The lowest BCUT2D eigenvalue weighted by molar-refractivity contribution is -0.126. The van der Waals surface area contributed by atoms with Gasteiger partial charge in [0.2, 0.25) is 5.91 Å². The molecule has 5 nitrogen and oxygen atoms in total. The lowest BCUT2D eigenvalue weighted by atomic mass is 9.86. The third kappa shape index (κ3) is 2.49. The molecule has 5 heteroatoms. The van der Waals surface area contributed by atoms with Crippen molar-refractivity contribution < 1.29 is 9.59 Å². The molecule has 3 rings (SSSR count). The van der Waals surface area contributed by atoms with Gasteiger partial charge in [0.05, 0.1) is 6.54 Å². The van der Waals surface area contributed by atoms with Crippen LogP contribution in [0.15, 0.2) is 0 Å². The molecule has 0 radical (unpaired) electrons. The minimum atomic E-state index is -0.331. The molecule has 0 aliphatic carbocycles. The quantitative estimate of drug-likeness (QED) is 0.740. The number of rotatable bonds is 5. The highest BCUT2D eigenvalue weighted by Gasteiger charge is 2.50. The SMILES string of the molecule is O=CC(NC(=O)CN1CCCC1)C12CCCN1CCC2. The van der Waals surface area contributed by atoms with Gasteiger partial charge >= 0.3 is 0 Å². The van der Waals surface area contributed by atoms with Gasteiger partial charge in [-0.1, -0.05) is 0 Å². The lowest BCUT2D eigenvalue weighted by Crippen LogP contribution is -2.58. The Bertz CT molecular complexity index is 369. The number of fused-ring (bicyclic) bond motifs is 1. The van der Waals surface area contributed by atoms with E-state index in [1.807, 2.05) is 0 Å². The first-order chi connectivity index (χ1) is 9.74. The van der Waals surface area contributed by atoms with Crippen molar-refractivity contribution in [3.05, 3.63) is 0 Å². The maximum absolute atomic E-state index is 12.2. The van der Waals surface area contributed by atoms with Crippen molar-refractivity contribution in [3.8, 4) is 0 Å². The Hall–Kier alpha value is -0.940. The van der Waals surface area contributed by atoms with Crippen LogP contribution in [0.5, 0.6) is 0 Å². The van der Waals surface area contributed by atoms with E-state index in [0.717, 1.165) is 58.1 Å². The Kier molecular flexibility index (Phi) is 4.08. The summed E-state index contributed by atoms with van der Waals surface area (Å²) in [4.78, 5) is 28.3. The van der Waals surface area contributed by atoms with Gasteiger partial charge in [0.15, 0.2) is 0 Å². The van der Waals surface area contributed by atoms with Crippen LogP contribution in [-0.4, -0.2) is 66.3 Å². The molecule has 0 saturated carbocycles. The third-order valence-corrected chi connectivity index (χ3v) is 5.30. The summed E-state index contributed by atoms with van der Waals surface area (Å²) >= 11 is 0. The first-order valence-corrected chi connectivity index (χ1v) is 7.97. The summed E-state index contributed by atoms with van der Waals surface area (Å²) in [6.45, 7) is 4.62. The number of nitrogens with zero attached hydrogens (tertiary/aromatic N) is 2. The molecule has 3 fully saturated rings. The van der Waals surface area contributed by atoms with Crippen molar-refractivity contribution in [2.24, 2.45) is 0 Å². The summed E-state index contributed by atoms with van der Waals surface area (Å²) < 4.78 is 0. The predicted octanol–water partition coefficient (Wildman–Crippen LogP) is 0.394. The molecule has 0 bridgehead atoms. The molecule has 0 aromatic heterocycles. The van der Waals surface area contributed by atoms with E-state index in [1.165, 1.54) is 12.8 Å². The standard InChI is InChI=1S/C15H25N3O2/c19-12-13(15-5-3-9-18(15)10-4-6-15)16-14(20)11-17-7-1-2-8-17/h12-13H,1-11H2,(H,16,20). The second-order valence-electron chi connectivity index (χ2n) is 6.46. The molecule has 112 valence electrons. The average molecular weight is 279 g/mol. The van der Waals surface area contributed by atoms with Crippen molar-refractivity contribution in [2.45, 2.75) is 50.1 Å². The van der Waals surface area contributed by atoms with Crippen LogP contribution in [-0.2, 0) is 9.59 Å². The molecule has 1 amide bonds. The van der Waals surface area contributed by atoms with Gasteiger partial charge in [0, 0.05) is 5.54 Å². The van der Waals surface area contributed by atoms with Crippen LogP contribution in [0.25, 0.3) is 0 Å². The van der Waals surface area contributed by atoms with Crippen LogP contribution in [0.2, 0.25) is 0 Å². The first-order valence-electron chi connectivity index (χ1n) is 7.97. The summed E-state index contributed by atoms with van der Waals surface area (Å²) in [6.07, 6.45) is 7.70. The minimum absolute atomic E-state index is 0.0112. The van der Waals surface area contributed by atoms with Crippen molar-refractivity contribution in [1.29, 1.82) is 0 Å². The molecular weight excluding hydrogens is 254 g/mol. The van der Waals surface area contributed by atoms with E-state index in [2.05, 4.69) is 15.1 Å². The van der Waals surface area contributed by atoms with Gasteiger partial charge in [0.1, 0.15) is 12.3 Å². The summed E-state index contributed by atoms with van der Waals surface area (Å²) in [5.41, 5.74) is -0.0809. The van der Waals surface area contributed by atoms with Gasteiger partial charge in [-0.05, 0) is 64.7 Å². The molecule has 0 spiro atoms. The molecule has 1 N–H and O–H groups in total. The second kappa shape index (κ2) is 5.82. The molecule has 3 saturated heterocycles. The van der Waals surface area contributed by atoms with Crippen LogP contribution >= 0.6 is 0 Å². The second-order valence-corrected chi connectivity index (χ2v) is 6.46. The molecule has 0 aromatic carbocycles. The van der Waals surface area contributed by atoms with Gasteiger partial charge < -0.3 is 10.1 Å². The van der Waals surface area contributed by atoms with Crippen LogP contribution in [0.1, 0.15) is 38.5 Å². The number of likely N-dealkylation sites (tertiary alicyclic amines) is 1. The maximum atomic E-state index is 12.2. The lowest BCUT2D eigenvalue weighted by Gasteiger charge is -2.37. The zero-order valence-electron chi connectivity index (χ0n) is 12.1. The highest BCUT2D eigenvalue weighted by Crippen LogP contribution is 2.40. The van der Waals surface area contributed by atoms with Gasteiger partial charge in [0.25, 0.3) is 0 Å². The van der Waals surface area contributed by atoms with Crippen LogP contribution < -0.4 is 5.32 Å². The summed E-state index contributed by atoms with van der Waals surface area (Å²) in [5, 5.41) is 3.01. The van der Waals surface area contributed by atoms with E-state index in [9.17, 15) is 9.59 Å². The molecule has 3 aliphatic rings. The van der Waals surface area contributed by atoms with Crippen LogP contribution in [0, 0.1) is 0 Å². The fourth-order valence-electron chi connectivity index (χ4n) is 4.32. The normalized spacial score (nSPS) is 27.4. The molecule has 1 unspecified atom stereocenters. The average Bonchev–Trinajstić information content (AvgIpc) is 3.11. The summed E-state index contributed by atoms with van der Waals surface area (Å²) in [5.74, 6) is 0.0112. The monoisotopic (exact) mass is 279 g/mol. The fraction of sp³-hybridized carbons (Fsp3) is 0.867. The fourth-order valence-corrected chi connectivity index (χ4v) is 4.32. The van der Waals surface area contributed by atoms with Gasteiger partial charge in [-0.2, -0.15) is 0 Å². The largest absolute Gasteiger partial charge is 0.344 e. The Labute approximate surface area is 120 Å². The van der Waals surface area contributed by atoms with E-state index in [1.54, 1.807) is 0 Å². The zero-order valence-corrected chi connectivity index (χ0v) is 12.1. The number of aldehydes is 1. The van der Waals surface area contributed by atoms with E-state index >= 15 is 0 Å². The highest BCUT2D eigenvalue weighted by atomic mass is 16.2. The molecule has 3 heterocycles. The Morgan fingerprint density at radius 1 is 1.10 bits per heavy atom. The van der Waals surface area contributed by atoms with Gasteiger partial charge in [-0.15, -0.1) is 0 Å². The molecular formula is C15H25N3O2. The minimum Gasteiger partial charge on any atom is -0.344 e. The highest BCUT2D eigenvalue weighted by molar-refractivity contribution is 5.82. The summed E-state index contributed by atoms with van der Waals surface area (Å²) in [6, 6.07) is -0.331. The summed E-state index contributed by atoms with van der Waals surface area (Å²) in [7, 11) is 0. The molecule has 20 heavy (non-hydrogen) atoms. The Morgan fingerprint density at radius 3 is 2.35 bits per heavy atom. The van der Waals surface area contributed by atoms with E-state index in [4.69, 9.17) is 0 Å². The van der Waals surface area contributed by atoms with E-state index < -0.39 is 0 Å². The number of hydrogen-bond donors (Lipinski definition) is 1. The maximum Gasteiger partial charge on any atom is 0.234 e. The topological polar surface area (TPSA) is 52.7 Å². The number of hydrogen-bond acceptors (Lipinski definition) is 4. The number of carbonyl (C=O) groups is 2. The van der Waals surface area contributed by atoms with E-state index in [-0.39, 0.29) is 17.5 Å². The van der Waals surface area contributed by atoms with Crippen molar-refractivity contribution in [3.63, 3.8) is 0 Å². The zero-order chi connectivity index (χ0) is 14.0. The third-order valence-electron chi connectivity index (χ3n) is 5.30. The first kappa shape index (κ1) is 14.0. The van der Waals surface area contributed by atoms with Crippen molar-refractivity contribution >= 4 is 12.2 Å². The molecule has 3 aliphatic heterocycles. The van der Waals surface area contributed by atoms with Crippen LogP contribution in [0.4, 0.5) is 0 Å². The number of carbonyl (C=O) groups excluding carboxylic acids is 2.